The summed E-state index contributed by atoms with van der Waals surface area (Å²) in [5, 5.41) is 0. The average Bonchev–Trinajstić information content (AvgIpc) is 2.61. The fraction of sp³-hybridized carbons (Fsp3) is 0.263. The molecule has 0 unspecified atom stereocenters. The van der Waals surface area contributed by atoms with Crippen LogP contribution in [0.4, 0.5) is 0 Å². The van der Waals surface area contributed by atoms with E-state index in [4.69, 9.17) is 9.47 Å². The summed E-state index contributed by atoms with van der Waals surface area (Å²) in [5.74, 6) is 0.607. The summed E-state index contributed by atoms with van der Waals surface area (Å²) in [6.45, 7) is 3.88. The Morgan fingerprint density at radius 3 is 1.92 bits per heavy atom. The molecule has 2 N–H and O–H groups in total. The molecule has 0 aromatic heterocycles. The molecule has 0 bridgehead atoms. The highest BCUT2D eigenvalue weighted by molar-refractivity contribution is 5.82. The van der Waals surface area contributed by atoms with Crippen LogP contribution in [0.25, 0.3) is 0 Å². The topological polar surface area (TPSA) is 76.7 Å². The van der Waals surface area contributed by atoms with E-state index in [9.17, 15) is 9.59 Å². The van der Waals surface area contributed by atoms with Crippen molar-refractivity contribution >= 4 is 11.8 Å². The van der Waals surface area contributed by atoms with Gasteiger partial charge in [-0.05, 0) is 37.1 Å². The molecule has 0 saturated carbocycles. The molecule has 0 aliphatic carbocycles. The minimum Gasteiger partial charge on any atom is -0.493 e. The number of hydrogen-bond donors (Lipinski definition) is 2. The number of amides is 2. The number of hydrazine groups is 1. The van der Waals surface area contributed by atoms with Crippen LogP contribution in [0.5, 0.6) is 11.5 Å². The number of ether oxygens (including phenoxy) is 2. The second kappa shape index (κ2) is 9.32. The molecule has 0 aliphatic heterocycles. The van der Waals surface area contributed by atoms with E-state index in [0.717, 1.165) is 16.9 Å². The van der Waals surface area contributed by atoms with Crippen LogP contribution in [0.1, 0.15) is 17.5 Å². The number of carbonyl (C=O) groups excluding carboxylic acids is 2. The quantitative estimate of drug-likeness (QED) is 0.757. The average molecular weight is 342 g/mol. The molecule has 0 fully saturated rings. The van der Waals surface area contributed by atoms with E-state index in [1.54, 1.807) is 6.07 Å². The lowest BCUT2D eigenvalue weighted by molar-refractivity contribution is -0.130. The van der Waals surface area contributed by atoms with Gasteiger partial charge in [0, 0.05) is 0 Å². The number of aryl methyl sites for hydroxylation is 2. The molecule has 6 nitrogen and oxygen atoms in total. The predicted octanol–water partition coefficient (Wildman–Crippen LogP) is 2.30. The summed E-state index contributed by atoms with van der Waals surface area (Å²) in [6.07, 6.45) is 0.132. The highest BCUT2D eigenvalue weighted by Gasteiger charge is 2.07. The van der Waals surface area contributed by atoms with Crippen LogP contribution in [0.3, 0.4) is 0 Å². The molecule has 2 rings (SSSR count). The maximum Gasteiger partial charge on any atom is 0.276 e. The lowest BCUT2D eigenvalue weighted by Gasteiger charge is -2.11. The van der Waals surface area contributed by atoms with Crippen molar-refractivity contribution in [2.75, 3.05) is 13.2 Å². The van der Waals surface area contributed by atoms with Crippen LogP contribution in [-0.4, -0.2) is 25.0 Å². The molecule has 132 valence electrons. The molecule has 25 heavy (non-hydrogen) atoms. The summed E-state index contributed by atoms with van der Waals surface area (Å²) < 4.78 is 10.9. The predicted molar refractivity (Wildman–Crippen MR) is 94.3 cm³/mol. The van der Waals surface area contributed by atoms with Gasteiger partial charge in [-0.15, -0.1) is 0 Å². The Morgan fingerprint density at radius 2 is 1.32 bits per heavy atom. The highest BCUT2D eigenvalue weighted by Crippen LogP contribution is 2.16. The van der Waals surface area contributed by atoms with Crippen molar-refractivity contribution in [1.82, 2.24) is 10.9 Å². The largest absolute Gasteiger partial charge is 0.493 e. The van der Waals surface area contributed by atoms with Crippen molar-refractivity contribution in [2.45, 2.75) is 20.3 Å². The molecule has 2 aromatic carbocycles. The summed E-state index contributed by atoms with van der Waals surface area (Å²) in [7, 11) is 0. The van der Waals surface area contributed by atoms with Crippen LogP contribution in [0.2, 0.25) is 0 Å². The first kappa shape index (κ1) is 18.3. The summed E-state index contributed by atoms with van der Waals surface area (Å²) in [6, 6.07) is 15.0. The fourth-order valence-corrected chi connectivity index (χ4v) is 2.07. The first-order chi connectivity index (χ1) is 12.1. The standard InChI is InChI=1S/C19H22N2O4/c1-14-7-3-5-9-16(14)24-12-11-18(22)20-21-19(23)13-25-17-10-6-4-8-15(17)2/h3-10H,11-13H2,1-2H3,(H,20,22)(H,21,23). The molecule has 0 radical (unpaired) electrons. The zero-order valence-corrected chi connectivity index (χ0v) is 14.4. The Labute approximate surface area is 147 Å². The maximum atomic E-state index is 11.7. The Bertz CT molecular complexity index is 731. The third-order valence-corrected chi connectivity index (χ3v) is 3.47. The van der Waals surface area contributed by atoms with E-state index in [0.29, 0.717) is 5.75 Å². The number of benzene rings is 2. The summed E-state index contributed by atoms with van der Waals surface area (Å²) >= 11 is 0. The van der Waals surface area contributed by atoms with E-state index in [1.807, 2.05) is 56.3 Å². The van der Waals surface area contributed by atoms with Gasteiger partial charge >= 0.3 is 0 Å². The SMILES string of the molecule is Cc1ccccc1OCCC(=O)NNC(=O)COc1ccccc1C. The van der Waals surface area contributed by atoms with Gasteiger partial charge in [-0.2, -0.15) is 0 Å². The van der Waals surface area contributed by atoms with Crippen molar-refractivity contribution in [1.29, 1.82) is 0 Å². The lowest BCUT2D eigenvalue weighted by Crippen LogP contribution is -2.44. The normalized spacial score (nSPS) is 10.0. The number of para-hydroxylation sites is 2. The molecule has 2 amide bonds. The van der Waals surface area contributed by atoms with Gasteiger partial charge in [0.1, 0.15) is 11.5 Å². The molecule has 0 saturated heterocycles. The highest BCUT2D eigenvalue weighted by atomic mass is 16.5. The van der Waals surface area contributed by atoms with E-state index in [1.165, 1.54) is 0 Å². The third kappa shape index (κ3) is 6.18. The first-order valence-corrected chi connectivity index (χ1v) is 8.01. The Hall–Kier alpha value is -3.02. The molecule has 0 spiro atoms. The van der Waals surface area contributed by atoms with E-state index in [2.05, 4.69) is 10.9 Å². The fourth-order valence-electron chi connectivity index (χ4n) is 2.07. The molecule has 0 atom stereocenters. The van der Waals surface area contributed by atoms with E-state index >= 15 is 0 Å². The Balaban J connectivity index is 1.63. The van der Waals surface area contributed by atoms with Crippen LogP contribution in [0, 0.1) is 13.8 Å². The van der Waals surface area contributed by atoms with Crippen LogP contribution in [-0.2, 0) is 9.59 Å². The second-order valence-corrected chi connectivity index (χ2v) is 5.51. The molecule has 2 aromatic rings. The minimum atomic E-state index is -0.434. The van der Waals surface area contributed by atoms with Crippen molar-refractivity contribution in [3.8, 4) is 11.5 Å². The monoisotopic (exact) mass is 342 g/mol. The van der Waals surface area contributed by atoms with Crippen molar-refractivity contribution in [3.63, 3.8) is 0 Å². The molecule has 6 heteroatoms. The molecular weight excluding hydrogens is 320 g/mol. The van der Waals surface area contributed by atoms with Gasteiger partial charge < -0.3 is 9.47 Å². The van der Waals surface area contributed by atoms with Crippen LogP contribution < -0.4 is 20.3 Å². The number of nitrogens with one attached hydrogen (secondary N) is 2. The van der Waals surface area contributed by atoms with Gasteiger partial charge in [0.15, 0.2) is 6.61 Å². The first-order valence-electron chi connectivity index (χ1n) is 8.01. The minimum absolute atomic E-state index is 0.132. The van der Waals surface area contributed by atoms with Gasteiger partial charge in [-0.3, -0.25) is 20.4 Å². The van der Waals surface area contributed by atoms with Gasteiger partial charge in [0.05, 0.1) is 13.0 Å². The molecule has 0 heterocycles. The van der Waals surface area contributed by atoms with Gasteiger partial charge in [-0.1, -0.05) is 36.4 Å². The number of hydrogen-bond acceptors (Lipinski definition) is 4. The third-order valence-electron chi connectivity index (χ3n) is 3.47. The molecule has 0 aliphatic rings. The number of carbonyl (C=O) groups is 2. The van der Waals surface area contributed by atoms with Gasteiger partial charge in [0.2, 0.25) is 5.91 Å². The maximum absolute atomic E-state index is 11.7. The lowest BCUT2D eigenvalue weighted by atomic mass is 10.2. The van der Waals surface area contributed by atoms with Crippen molar-refractivity contribution in [2.24, 2.45) is 0 Å². The summed E-state index contributed by atoms with van der Waals surface area (Å²) in [4.78, 5) is 23.4. The smallest absolute Gasteiger partial charge is 0.276 e. The van der Waals surface area contributed by atoms with E-state index < -0.39 is 5.91 Å². The zero-order valence-electron chi connectivity index (χ0n) is 14.4. The van der Waals surface area contributed by atoms with Gasteiger partial charge in [-0.25, -0.2) is 0 Å². The zero-order chi connectivity index (χ0) is 18.1. The number of rotatable bonds is 7. The Kier molecular flexibility index (Phi) is 6.83. The van der Waals surface area contributed by atoms with Crippen molar-refractivity contribution < 1.29 is 19.1 Å². The van der Waals surface area contributed by atoms with Crippen LogP contribution in [0.15, 0.2) is 48.5 Å². The Morgan fingerprint density at radius 1 is 0.800 bits per heavy atom. The van der Waals surface area contributed by atoms with Crippen LogP contribution >= 0.6 is 0 Å². The summed E-state index contributed by atoms with van der Waals surface area (Å²) in [5.41, 5.74) is 6.59. The van der Waals surface area contributed by atoms with Crippen molar-refractivity contribution in [3.05, 3.63) is 59.7 Å². The second-order valence-electron chi connectivity index (χ2n) is 5.51. The molecular formula is C19H22N2O4. The van der Waals surface area contributed by atoms with E-state index in [-0.39, 0.29) is 25.5 Å². The van der Waals surface area contributed by atoms with Gasteiger partial charge in [0.25, 0.3) is 5.91 Å².